The van der Waals surface area contributed by atoms with Gasteiger partial charge in [-0.05, 0) is 68.4 Å². The summed E-state index contributed by atoms with van der Waals surface area (Å²) in [7, 11) is 0. The van der Waals surface area contributed by atoms with Crippen LogP contribution in [-0.4, -0.2) is 46.0 Å². The van der Waals surface area contributed by atoms with Gasteiger partial charge < -0.3 is 14.7 Å². The molecule has 2 aliphatic rings. The number of benzene rings is 2. The van der Waals surface area contributed by atoms with Crippen LogP contribution in [0, 0.1) is 0 Å². The first-order valence-corrected chi connectivity index (χ1v) is 11.8. The third-order valence-corrected chi connectivity index (χ3v) is 6.99. The summed E-state index contributed by atoms with van der Waals surface area (Å²) >= 11 is 0. The third-order valence-electron chi connectivity index (χ3n) is 6.99. The molecule has 0 unspecified atom stereocenters. The molecular formula is C27H31N3O3. The van der Waals surface area contributed by atoms with Crippen molar-refractivity contribution in [1.29, 1.82) is 0 Å². The van der Waals surface area contributed by atoms with Crippen LogP contribution in [0.5, 0.6) is 0 Å². The number of carbonyl (C=O) groups is 1. The number of pyridine rings is 1. The number of fused-ring (bicyclic) bond motifs is 2. The second-order valence-electron chi connectivity index (χ2n) is 9.55. The van der Waals surface area contributed by atoms with E-state index >= 15 is 0 Å². The zero-order valence-corrected chi connectivity index (χ0v) is 19.3. The zero-order valence-electron chi connectivity index (χ0n) is 19.3. The van der Waals surface area contributed by atoms with Crippen molar-refractivity contribution in [3.63, 3.8) is 0 Å². The van der Waals surface area contributed by atoms with E-state index in [0.717, 1.165) is 49.1 Å². The fourth-order valence-electron chi connectivity index (χ4n) is 5.30. The summed E-state index contributed by atoms with van der Waals surface area (Å²) in [5, 5.41) is 10.9. The topological polar surface area (TPSA) is 65.9 Å². The molecule has 0 saturated carbocycles. The molecule has 0 spiro atoms. The van der Waals surface area contributed by atoms with E-state index in [4.69, 9.17) is 9.72 Å². The fourth-order valence-corrected chi connectivity index (χ4v) is 5.30. The second-order valence-corrected chi connectivity index (χ2v) is 9.55. The minimum Gasteiger partial charge on any atom is -0.465 e. The van der Waals surface area contributed by atoms with Crippen LogP contribution in [0.1, 0.15) is 43.4 Å². The standard InChI is InChI=1S/C27H31N3O3/c1-27(2)30(26(31)32)22(18-33-27)14-13-20-16-25(28-24-12-6-5-11-23(20)24)29-15-7-10-19-8-3-4-9-21(19)17-29/h3-6,8-9,11-12,16,22H,7,10,13-15,17-18H2,1-2H3,(H,31,32)/t22-/m0/s1. The summed E-state index contributed by atoms with van der Waals surface area (Å²) in [6.45, 7) is 5.89. The molecule has 1 saturated heterocycles. The van der Waals surface area contributed by atoms with E-state index in [1.807, 2.05) is 26.0 Å². The lowest BCUT2D eigenvalue weighted by Gasteiger charge is -2.31. The first kappa shape index (κ1) is 21.7. The molecule has 2 aromatic carbocycles. The maximum Gasteiger partial charge on any atom is 0.409 e. The van der Waals surface area contributed by atoms with E-state index in [2.05, 4.69) is 47.4 Å². The molecule has 1 fully saturated rings. The van der Waals surface area contributed by atoms with Crippen molar-refractivity contribution in [2.45, 2.75) is 57.8 Å². The number of amides is 1. The number of aryl methyl sites for hydroxylation is 2. The summed E-state index contributed by atoms with van der Waals surface area (Å²) in [6, 6.07) is 19.0. The van der Waals surface area contributed by atoms with E-state index in [1.165, 1.54) is 21.6 Å². The van der Waals surface area contributed by atoms with E-state index in [9.17, 15) is 9.90 Å². The zero-order chi connectivity index (χ0) is 23.0. The average molecular weight is 446 g/mol. The van der Waals surface area contributed by atoms with E-state index < -0.39 is 11.8 Å². The lowest BCUT2D eigenvalue weighted by atomic mass is 10.0. The molecule has 0 radical (unpaired) electrons. The lowest BCUT2D eigenvalue weighted by Crippen LogP contribution is -2.47. The van der Waals surface area contributed by atoms with Gasteiger partial charge in [-0.25, -0.2) is 9.78 Å². The van der Waals surface area contributed by atoms with Gasteiger partial charge in [0, 0.05) is 18.5 Å². The first-order valence-electron chi connectivity index (χ1n) is 11.8. The van der Waals surface area contributed by atoms with Crippen LogP contribution in [0.4, 0.5) is 10.6 Å². The van der Waals surface area contributed by atoms with Crippen LogP contribution < -0.4 is 4.90 Å². The van der Waals surface area contributed by atoms with Crippen LogP contribution in [0.25, 0.3) is 10.9 Å². The molecule has 6 nitrogen and oxygen atoms in total. The van der Waals surface area contributed by atoms with Crippen molar-refractivity contribution in [1.82, 2.24) is 9.88 Å². The Morgan fingerprint density at radius 1 is 1.15 bits per heavy atom. The summed E-state index contributed by atoms with van der Waals surface area (Å²) in [5.41, 5.74) is 4.21. The van der Waals surface area contributed by atoms with Gasteiger partial charge in [0.2, 0.25) is 0 Å². The van der Waals surface area contributed by atoms with Crippen molar-refractivity contribution < 1.29 is 14.6 Å². The predicted octanol–water partition coefficient (Wildman–Crippen LogP) is 5.24. The van der Waals surface area contributed by atoms with Gasteiger partial charge in [-0.1, -0.05) is 42.5 Å². The van der Waals surface area contributed by atoms with Gasteiger partial charge in [0.15, 0.2) is 0 Å². The number of carboxylic acid groups (broad SMARTS) is 1. The van der Waals surface area contributed by atoms with Crippen molar-refractivity contribution in [2.24, 2.45) is 0 Å². The molecule has 1 N–H and O–H groups in total. The van der Waals surface area contributed by atoms with Crippen LogP contribution >= 0.6 is 0 Å². The van der Waals surface area contributed by atoms with Gasteiger partial charge >= 0.3 is 6.09 Å². The Bertz CT molecular complexity index is 1180. The number of para-hydroxylation sites is 1. The second kappa shape index (κ2) is 8.67. The molecule has 1 aromatic heterocycles. The normalized spacial score (nSPS) is 20.0. The molecule has 172 valence electrons. The van der Waals surface area contributed by atoms with Gasteiger partial charge in [-0.15, -0.1) is 0 Å². The summed E-state index contributed by atoms with van der Waals surface area (Å²) < 4.78 is 5.79. The molecule has 1 atom stereocenters. The third kappa shape index (κ3) is 4.27. The molecule has 33 heavy (non-hydrogen) atoms. The monoisotopic (exact) mass is 445 g/mol. The fraction of sp³-hybridized carbons (Fsp3) is 0.407. The average Bonchev–Trinajstić information content (AvgIpc) is 2.97. The van der Waals surface area contributed by atoms with Crippen LogP contribution in [0.3, 0.4) is 0 Å². The van der Waals surface area contributed by atoms with E-state index in [0.29, 0.717) is 13.0 Å². The SMILES string of the molecule is CC1(C)OC[C@H](CCc2cc(N3CCCc4ccccc4C3)nc3ccccc23)N1C(=O)O. The number of nitrogens with zero attached hydrogens (tertiary/aromatic N) is 3. The maximum atomic E-state index is 11.9. The number of anilines is 1. The number of rotatable bonds is 4. The van der Waals surface area contributed by atoms with Gasteiger partial charge in [0.1, 0.15) is 11.5 Å². The van der Waals surface area contributed by atoms with E-state index in [-0.39, 0.29) is 6.04 Å². The Labute approximate surface area is 194 Å². The van der Waals surface area contributed by atoms with Gasteiger partial charge in [-0.2, -0.15) is 0 Å². The summed E-state index contributed by atoms with van der Waals surface area (Å²) in [4.78, 5) is 20.7. The van der Waals surface area contributed by atoms with Crippen LogP contribution in [0.15, 0.2) is 54.6 Å². The van der Waals surface area contributed by atoms with Crippen LogP contribution in [-0.2, 0) is 24.1 Å². The molecule has 6 heteroatoms. The van der Waals surface area contributed by atoms with E-state index in [1.54, 1.807) is 0 Å². The number of hydrogen-bond acceptors (Lipinski definition) is 4. The highest BCUT2D eigenvalue weighted by Gasteiger charge is 2.43. The number of aromatic nitrogens is 1. The Balaban J connectivity index is 1.44. The van der Waals surface area contributed by atoms with Crippen molar-refractivity contribution in [3.05, 3.63) is 71.3 Å². The van der Waals surface area contributed by atoms with Gasteiger partial charge in [-0.3, -0.25) is 4.90 Å². The largest absolute Gasteiger partial charge is 0.465 e. The molecule has 2 aliphatic heterocycles. The quantitative estimate of drug-likeness (QED) is 0.595. The first-order chi connectivity index (χ1) is 15.9. The summed E-state index contributed by atoms with van der Waals surface area (Å²) in [6.07, 6.45) is 2.75. The van der Waals surface area contributed by atoms with Crippen molar-refractivity contribution in [2.75, 3.05) is 18.1 Å². The number of hydrogen-bond donors (Lipinski definition) is 1. The molecule has 1 amide bonds. The van der Waals surface area contributed by atoms with Crippen LogP contribution in [0.2, 0.25) is 0 Å². The Kier molecular flexibility index (Phi) is 5.71. The van der Waals surface area contributed by atoms with Gasteiger partial charge in [0.05, 0.1) is 18.2 Å². The Hall–Kier alpha value is -3.12. The molecule has 3 heterocycles. The Morgan fingerprint density at radius 2 is 1.91 bits per heavy atom. The smallest absolute Gasteiger partial charge is 0.409 e. The predicted molar refractivity (Wildman–Crippen MR) is 130 cm³/mol. The highest BCUT2D eigenvalue weighted by atomic mass is 16.5. The highest BCUT2D eigenvalue weighted by molar-refractivity contribution is 5.84. The molecular weight excluding hydrogens is 414 g/mol. The molecule has 0 bridgehead atoms. The summed E-state index contributed by atoms with van der Waals surface area (Å²) in [5.74, 6) is 0.999. The molecule has 0 aliphatic carbocycles. The van der Waals surface area contributed by atoms with Gasteiger partial charge in [0.25, 0.3) is 0 Å². The minimum atomic E-state index is -0.925. The minimum absolute atomic E-state index is 0.155. The lowest BCUT2D eigenvalue weighted by molar-refractivity contribution is -0.0421. The maximum absolute atomic E-state index is 11.9. The number of ether oxygens (including phenoxy) is 1. The highest BCUT2D eigenvalue weighted by Crippen LogP contribution is 2.32. The molecule has 3 aromatic rings. The van der Waals surface area contributed by atoms with Crippen molar-refractivity contribution >= 4 is 22.8 Å². The van der Waals surface area contributed by atoms with Crippen molar-refractivity contribution in [3.8, 4) is 0 Å². The molecule has 5 rings (SSSR count). The Morgan fingerprint density at radius 3 is 2.73 bits per heavy atom.